The molecule has 0 saturated heterocycles. The molecule has 0 bridgehead atoms. The Balaban J connectivity index is 1.56. The molecular formula is C16H17N3O2. The van der Waals surface area contributed by atoms with Gasteiger partial charge in [-0.3, -0.25) is 0 Å². The quantitative estimate of drug-likeness (QED) is 0.786. The lowest BCUT2D eigenvalue weighted by molar-refractivity contribution is 0.392. The molecule has 0 atom stereocenters. The predicted octanol–water partition coefficient (Wildman–Crippen LogP) is 3.92. The zero-order valence-corrected chi connectivity index (χ0v) is 12.1. The third-order valence-electron chi connectivity index (χ3n) is 3.98. The maximum atomic E-state index is 5.77. The summed E-state index contributed by atoms with van der Waals surface area (Å²) >= 11 is 0. The van der Waals surface area contributed by atoms with E-state index in [1.165, 1.54) is 12.8 Å². The number of benzene rings is 1. The van der Waals surface area contributed by atoms with E-state index in [9.17, 15) is 0 Å². The standard InChI is InChI=1S/C16H17N3O2/c1-9-13(10(2)21-19-9)8-17-12-5-6-15-14(7-12)18-16(20-15)11-3-4-11/h5-7,11,17H,3-4,8H2,1-2H3. The molecule has 5 nitrogen and oxygen atoms in total. The normalized spacial score (nSPS) is 14.8. The number of nitrogens with one attached hydrogen (secondary N) is 1. The number of nitrogens with zero attached hydrogens (tertiary/aromatic N) is 2. The van der Waals surface area contributed by atoms with Gasteiger partial charge >= 0.3 is 0 Å². The van der Waals surface area contributed by atoms with Gasteiger partial charge in [0, 0.05) is 23.7 Å². The van der Waals surface area contributed by atoms with Gasteiger partial charge in [-0.05, 0) is 44.9 Å². The molecule has 5 heteroatoms. The van der Waals surface area contributed by atoms with Gasteiger partial charge in [0.05, 0.1) is 5.69 Å². The molecule has 0 radical (unpaired) electrons. The zero-order valence-electron chi connectivity index (χ0n) is 12.1. The van der Waals surface area contributed by atoms with Crippen molar-refractivity contribution in [1.82, 2.24) is 10.1 Å². The maximum absolute atomic E-state index is 5.77. The van der Waals surface area contributed by atoms with Gasteiger partial charge in [0.2, 0.25) is 0 Å². The van der Waals surface area contributed by atoms with Gasteiger partial charge in [-0.25, -0.2) is 4.98 Å². The molecule has 108 valence electrons. The molecule has 0 spiro atoms. The number of oxazole rings is 1. The van der Waals surface area contributed by atoms with Gasteiger partial charge < -0.3 is 14.3 Å². The Morgan fingerprint density at radius 2 is 2.14 bits per heavy atom. The topological polar surface area (TPSA) is 64.1 Å². The average Bonchev–Trinajstić information content (AvgIpc) is 3.17. The monoisotopic (exact) mass is 283 g/mol. The van der Waals surface area contributed by atoms with Crippen molar-refractivity contribution in [2.45, 2.75) is 39.2 Å². The minimum absolute atomic E-state index is 0.538. The number of aryl methyl sites for hydroxylation is 2. The molecule has 1 N–H and O–H groups in total. The van der Waals surface area contributed by atoms with E-state index in [2.05, 4.69) is 15.5 Å². The molecule has 2 aromatic heterocycles. The third-order valence-corrected chi connectivity index (χ3v) is 3.98. The molecular weight excluding hydrogens is 266 g/mol. The lowest BCUT2D eigenvalue weighted by Crippen LogP contribution is -2.01. The van der Waals surface area contributed by atoms with Gasteiger partial charge in [-0.2, -0.15) is 0 Å². The van der Waals surface area contributed by atoms with Crippen LogP contribution in [0.2, 0.25) is 0 Å². The highest BCUT2D eigenvalue weighted by molar-refractivity contribution is 5.77. The minimum Gasteiger partial charge on any atom is -0.440 e. The molecule has 2 heterocycles. The SMILES string of the molecule is Cc1noc(C)c1CNc1ccc2oc(C3CC3)nc2c1. The molecule has 1 aliphatic carbocycles. The van der Waals surface area contributed by atoms with Crippen molar-refractivity contribution in [3.63, 3.8) is 0 Å². The molecule has 0 amide bonds. The van der Waals surface area contributed by atoms with Crippen molar-refractivity contribution in [2.75, 3.05) is 5.32 Å². The van der Waals surface area contributed by atoms with Gasteiger partial charge in [-0.1, -0.05) is 5.16 Å². The van der Waals surface area contributed by atoms with Gasteiger partial charge in [0.25, 0.3) is 0 Å². The van der Waals surface area contributed by atoms with Gasteiger partial charge in [0.1, 0.15) is 11.3 Å². The highest BCUT2D eigenvalue weighted by Gasteiger charge is 2.28. The highest BCUT2D eigenvalue weighted by atomic mass is 16.5. The number of fused-ring (bicyclic) bond motifs is 1. The molecule has 21 heavy (non-hydrogen) atoms. The summed E-state index contributed by atoms with van der Waals surface area (Å²) in [6.07, 6.45) is 2.40. The number of aromatic nitrogens is 2. The Bertz CT molecular complexity index is 780. The molecule has 1 saturated carbocycles. The summed E-state index contributed by atoms with van der Waals surface area (Å²) in [6, 6.07) is 6.02. The fourth-order valence-electron chi connectivity index (χ4n) is 2.50. The van der Waals surface area contributed by atoms with Crippen molar-refractivity contribution in [2.24, 2.45) is 0 Å². The van der Waals surface area contributed by atoms with E-state index in [4.69, 9.17) is 8.94 Å². The average molecular weight is 283 g/mol. The van der Waals surface area contributed by atoms with Gasteiger partial charge in [0.15, 0.2) is 11.5 Å². The second-order valence-electron chi connectivity index (χ2n) is 5.67. The van der Waals surface area contributed by atoms with Crippen LogP contribution in [0.1, 0.15) is 41.7 Å². The number of hydrogen-bond donors (Lipinski definition) is 1. The number of hydrogen-bond acceptors (Lipinski definition) is 5. The Morgan fingerprint density at radius 1 is 1.29 bits per heavy atom. The lowest BCUT2D eigenvalue weighted by atomic mass is 10.2. The van der Waals surface area contributed by atoms with Crippen molar-refractivity contribution < 1.29 is 8.94 Å². The van der Waals surface area contributed by atoms with Crippen LogP contribution in [0.4, 0.5) is 5.69 Å². The summed E-state index contributed by atoms with van der Waals surface area (Å²) in [4.78, 5) is 4.58. The predicted molar refractivity (Wildman–Crippen MR) is 79.3 cm³/mol. The first-order chi connectivity index (χ1) is 10.2. The summed E-state index contributed by atoms with van der Waals surface area (Å²) < 4.78 is 10.9. The Hall–Kier alpha value is -2.30. The summed E-state index contributed by atoms with van der Waals surface area (Å²) in [5, 5.41) is 7.36. The Kier molecular flexibility index (Phi) is 2.74. The van der Waals surface area contributed by atoms with Crippen LogP contribution >= 0.6 is 0 Å². The summed E-state index contributed by atoms with van der Waals surface area (Å²) in [6.45, 7) is 4.58. The second-order valence-corrected chi connectivity index (χ2v) is 5.67. The first-order valence-electron chi connectivity index (χ1n) is 7.27. The minimum atomic E-state index is 0.538. The fourth-order valence-corrected chi connectivity index (χ4v) is 2.50. The van der Waals surface area contributed by atoms with Crippen LogP contribution in [-0.2, 0) is 6.54 Å². The van der Waals surface area contributed by atoms with Crippen LogP contribution in [0.25, 0.3) is 11.1 Å². The van der Waals surface area contributed by atoms with Crippen LogP contribution < -0.4 is 5.32 Å². The molecule has 1 aliphatic rings. The largest absolute Gasteiger partial charge is 0.440 e. The van der Waals surface area contributed by atoms with E-state index in [-0.39, 0.29) is 0 Å². The molecule has 4 rings (SSSR count). The molecule has 0 aliphatic heterocycles. The van der Waals surface area contributed by atoms with Crippen LogP contribution in [0.5, 0.6) is 0 Å². The van der Waals surface area contributed by atoms with Crippen LogP contribution in [-0.4, -0.2) is 10.1 Å². The number of rotatable bonds is 4. The number of anilines is 1. The molecule has 1 fully saturated rings. The smallest absolute Gasteiger partial charge is 0.198 e. The summed E-state index contributed by atoms with van der Waals surface area (Å²) in [5.41, 5.74) is 4.84. The summed E-state index contributed by atoms with van der Waals surface area (Å²) in [7, 11) is 0. The van der Waals surface area contributed by atoms with Crippen molar-refractivity contribution in [1.29, 1.82) is 0 Å². The Morgan fingerprint density at radius 3 is 2.86 bits per heavy atom. The van der Waals surface area contributed by atoms with E-state index >= 15 is 0 Å². The van der Waals surface area contributed by atoms with Crippen molar-refractivity contribution in [3.8, 4) is 0 Å². The van der Waals surface area contributed by atoms with E-state index in [1.54, 1.807) is 0 Å². The molecule has 3 aromatic rings. The first kappa shape index (κ1) is 12.4. The van der Waals surface area contributed by atoms with Crippen LogP contribution in [0, 0.1) is 13.8 Å². The van der Waals surface area contributed by atoms with E-state index in [0.717, 1.165) is 39.7 Å². The summed E-state index contributed by atoms with van der Waals surface area (Å²) in [5.74, 6) is 2.28. The van der Waals surface area contributed by atoms with E-state index in [0.29, 0.717) is 12.5 Å². The Labute approximate surface area is 122 Å². The lowest BCUT2D eigenvalue weighted by Gasteiger charge is -2.05. The van der Waals surface area contributed by atoms with Crippen molar-refractivity contribution >= 4 is 16.8 Å². The van der Waals surface area contributed by atoms with E-state index in [1.807, 2.05) is 32.0 Å². The highest BCUT2D eigenvalue weighted by Crippen LogP contribution is 2.40. The maximum Gasteiger partial charge on any atom is 0.198 e. The van der Waals surface area contributed by atoms with Crippen LogP contribution in [0.3, 0.4) is 0 Å². The second kappa shape index (κ2) is 4.62. The first-order valence-corrected chi connectivity index (χ1v) is 7.27. The van der Waals surface area contributed by atoms with Gasteiger partial charge in [-0.15, -0.1) is 0 Å². The fraction of sp³-hybridized carbons (Fsp3) is 0.375. The van der Waals surface area contributed by atoms with E-state index < -0.39 is 0 Å². The third kappa shape index (κ3) is 2.28. The zero-order chi connectivity index (χ0) is 14.4. The molecule has 1 aromatic carbocycles. The van der Waals surface area contributed by atoms with Crippen molar-refractivity contribution in [3.05, 3.63) is 41.1 Å². The van der Waals surface area contributed by atoms with Crippen LogP contribution in [0.15, 0.2) is 27.1 Å². The molecule has 0 unspecified atom stereocenters.